The first kappa shape index (κ1) is 24.5. The second-order valence-corrected chi connectivity index (χ2v) is 6.92. The van der Waals surface area contributed by atoms with E-state index in [1.54, 1.807) is 7.05 Å². The van der Waals surface area contributed by atoms with Gasteiger partial charge in [0.05, 0.1) is 0 Å². The van der Waals surface area contributed by atoms with E-state index in [4.69, 9.17) is 4.74 Å². The fourth-order valence-corrected chi connectivity index (χ4v) is 2.27. The molecule has 0 bridgehead atoms. The van der Waals surface area contributed by atoms with Crippen LogP contribution in [0.2, 0.25) is 0 Å². The van der Waals surface area contributed by atoms with Crippen LogP contribution in [0.3, 0.4) is 0 Å². The second-order valence-electron chi connectivity index (χ2n) is 6.92. The van der Waals surface area contributed by atoms with Crippen LogP contribution in [0.25, 0.3) is 0 Å². The molecule has 3 N–H and O–H groups in total. The number of hydrogen-bond donors (Lipinski definition) is 3. The van der Waals surface area contributed by atoms with Crippen molar-refractivity contribution in [3.8, 4) is 0 Å². The molecular weight excluding hydrogens is 443 g/mol. The van der Waals surface area contributed by atoms with Gasteiger partial charge in [-0.1, -0.05) is 43.7 Å². The molecule has 148 valence electrons. The van der Waals surface area contributed by atoms with Crippen molar-refractivity contribution in [2.75, 3.05) is 13.6 Å². The Bertz CT molecular complexity index is 544. The Morgan fingerprint density at radius 2 is 1.85 bits per heavy atom. The summed E-state index contributed by atoms with van der Waals surface area (Å²) in [7, 11) is 1.73. The van der Waals surface area contributed by atoms with Gasteiger partial charge >= 0.3 is 6.09 Å². The molecule has 0 radical (unpaired) electrons. The maximum Gasteiger partial charge on any atom is 0.407 e. The van der Waals surface area contributed by atoms with Crippen LogP contribution < -0.4 is 16.0 Å². The zero-order valence-electron chi connectivity index (χ0n) is 16.5. The Kier molecular flexibility index (Phi) is 12.0. The van der Waals surface area contributed by atoms with Crippen LogP contribution >= 0.6 is 24.0 Å². The van der Waals surface area contributed by atoms with Gasteiger partial charge in [-0.05, 0) is 32.8 Å². The molecule has 1 amide bonds. The molecule has 1 aromatic rings. The van der Waals surface area contributed by atoms with Crippen LogP contribution in [0, 0.1) is 0 Å². The predicted molar refractivity (Wildman–Crippen MR) is 118 cm³/mol. The molecule has 0 aliphatic heterocycles. The van der Waals surface area contributed by atoms with Gasteiger partial charge in [0.25, 0.3) is 0 Å². The number of ether oxygens (including phenoxy) is 1. The van der Waals surface area contributed by atoms with Gasteiger partial charge in [-0.2, -0.15) is 0 Å². The molecule has 0 aromatic heterocycles. The average Bonchev–Trinajstić information content (AvgIpc) is 2.54. The van der Waals surface area contributed by atoms with E-state index >= 15 is 0 Å². The lowest BCUT2D eigenvalue weighted by molar-refractivity contribution is 0.0502. The van der Waals surface area contributed by atoms with Crippen molar-refractivity contribution in [2.24, 2.45) is 4.99 Å². The monoisotopic (exact) mass is 476 g/mol. The molecule has 1 unspecified atom stereocenters. The Morgan fingerprint density at radius 1 is 1.19 bits per heavy atom. The SMILES string of the molecule is CCCC(CNC(=NC)NCc1ccccc1)NC(=O)OC(C)(C)C.I. The first-order valence-electron chi connectivity index (χ1n) is 8.82. The summed E-state index contributed by atoms with van der Waals surface area (Å²) in [5.74, 6) is 0.705. The maximum absolute atomic E-state index is 12.0. The van der Waals surface area contributed by atoms with Gasteiger partial charge in [0.15, 0.2) is 5.96 Å². The molecule has 0 spiro atoms. The molecule has 1 rings (SSSR count). The summed E-state index contributed by atoms with van der Waals surface area (Å²) in [6.07, 6.45) is 1.44. The molecule has 7 heteroatoms. The number of alkyl carbamates (subject to hydrolysis) is 1. The standard InChI is InChI=1S/C19H32N4O2.HI/c1-6-10-16(23-18(24)25-19(2,3)4)14-22-17(20-5)21-13-15-11-8-7-9-12-15;/h7-9,11-12,16H,6,10,13-14H2,1-5H3,(H,23,24)(H2,20,21,22);1H. The summed E-state index contributed by atoms with van der Waals surface area (Å²) in [5, 5.41) is 9.45. The first-order valence-corrected chi connectivity index (χ1v) is 8.82. The number of amides is 1. The van der Waals surface area contributed by atoms with Crippen LogP contribution in [0.4, 0.5) is 4.79 Å². The second kappa shape index (κ2) is 12.8. The van der Waals surface area contributed by atoms with Crippen molar-refractivity contribution in [1.29, 1.82) is 0 Å². The van der Waals surface area contributed by atoms with Crippen LogP contribution in [0.15, 0.2) is 35.3 Å². The lowest BCUT2D eigenvalue weighted by Crippen LogP contribution is -2.48. The molecule has 1 atom stereocenters. The Hall–Kier alpha value is -1.51. The lowest BCUT2D eigenvalue weighted by atomic mass is 10.1. The highest BCUT2D eigenvalue weighted by Gasteiger charge is 2.19. The van der Waals surface area contributed by atoms with Crippen LogP contribution in [-0.2, 0) is 11.3 Å². The molecular formula is C19H33IN4O2. The normalized spacial score (nSPS) is 12.6. The fourth-order valence-electron chi connectivity index (χ4n) is 2.27. The number of guanidine groups is 1. The molecule has 0 fully saturated rings. The molecule has 0 saturated carbocycles. The first-order chi connectivity index (χ1) is 11.8. The van der Waals surface area contributed by atoms with Gasteiger partial charge in [0.1, 0.15) is 5.60 Å². The molecule has 0 saturated heterocycles. The van der Waals surface area contributed by atoms with Gasteiger partial charge in [-0.3, -0.25) is 4.99 Å². The topological polar surface area (TPSA) is 74.8 Å². The van der Waals surface area contributed by atoms with E-state index in [-0.39, 0.29) is 36.1 Å². The number of nitrogens with one attached hydrogen (secondary N) is 3. The highest BCUT2D eigenvalue weighted by molar-refractivity contribution is 14.0. The zero-order valence-corrected chi connectivity index (χ0v) is 18.8. The molecule has 6 nitrogen and oxygen atoms in total. The van der Waals surface area contributed by atoms with Crippen molar-refractivity contribution < 1.29 is 9.53 Å². The van der Waals surface area contributed by atoms with Gasteiger partial charge in [-0.25, -0.2) is 4.79 Å². The zero-order chi connectivity index (χ0) is 18.7. The number of carbonyl (C=O) groups excluding carboxylic acids is 1. The maximum atomic E-state index is 12.0. The minimum Gasteiger partial charge on any atom is -0.444 e. The highest BCUT2D eigenvalue weighted by atomic mass is 127. The van der Waals surface area contributed by atoms with E-state index in [0.29, 0.717) is 19.0 Å². The van der Waals surface area contributed by atoms with Crippen LogP contribution in [0.1, 0.15) is 46.1 Å². The Morgan fingerprint density at radius 3 is 2.38 bits per heavy atom. The van der Waals surface area contributed by atoms with Crippen molar-refractivity contribution >= 4 is 36.0 Å². The molecule has 0 aliphatic rings. The van der Waals surface area contributed by atoms with Crippen LogP contribution in [-0.4, -0.2) is 37.3 Å². The van der Waals surface area contributed by atoms with Gasteiger partial charge < -0.3 is 20.7 Å². The van der Waals surface area contributed by atoms with Gasteiger partial charge in [-0.15, -0.1) is 24.0 Å². The highest BCUT2D eigenvalue weighted by Crippen LogP contribution is 2.07. The van der Waals surface area contributed by atoms with Gasteiger partial charge in [0, 0.05) is 26.2 Å². The summed E-state index contributed by atoms with van der Waals surface area (Å²) >= 11 is 0. The quantitative estimate of drug-likeness (QED) is 0.319. The molecule has 26 heavy (non-hydrogen) atoms. The summed E-state index contributed by atoms with van der Waals surface area (Å²) in [5.41, 5.74) is 0.684. The van der Waals surface area contributed by atoms with E-state index in [0.717, 1.165) is 12.8 Å². The number of hydrogen-bond acceptors (Lipinski definition) is 3. The number of aliphatic imine (C=N–C) groups is 1. The van der Waals surface area contributed by atoms with E-state index in [1.165, 1.54) is 5.56 Å². The summed E-state index contributed by atoms with van der Waals surface area (Å²) in [6, 6.07) is 10.1. The van der Waals surface area contributed by atoms with E-state index in [2.05, 4.69) is 40.0 Å². The Balaban J connectivity index is 0.00000625. The van der Waals surface area contributed by atoms with Crippen molar-refractivity contribution in [3.05, 3.63) is 35.9 Å². The van der Waals surface area contributed by atoms with Crippen molar-refractivity contribution in [1.82, 2.24) is 16.0 Å². The smallest absolute Gasteiger partial charge is 0.407 e. The Labute approximate surface area is 174 Å². The molecule has 0 heterocycles. The number of carbonyl (C=O) groups is 1. The number of nitrogens with zero attached hydrogens (tertiary/aromatic N) is 1. The summed E-state index contributed by atoms with van der Waals surface area (Å²) < 4.78 is 5.33. The molecule has 1 aromatic carbocycles. The number of benzene rings is 1. The van der Waals surface area contributed by atoms with E-state index in [1.807, 2.05) is 39.0 Å². The average molecular weight is 476 g/mol. The lowest BCUT2D eigenvalue weighted by Gasteiger charge is -2.24. The van der Waals surface area contributed by atoms with Crippen molar-refractivity contribution in [3.63, 3.8) is 0 Å². The van der Waals surface area contributed by atoms with Crippen molar-refractivity contribution in [2.45, 2.75) is 58.7 Å². The number of rotatable bonds is 7. The summed E-state index contributed by atoms with van der Waals surface area (Å²) in [4.78, 5) is 16.2. The minimum atomic E-state index is -0.498. The fraction of sp³-hybridized carbons (Fsp3) is 0.579. The third kappa shape index (κ3) is 11.2. The molecule has 0 aliphatic carbocycles. The minimum absolute atomic E-state index is 0. The van der Waals surface area contributed by atoms with Gasteiger partial charge in [0.2, 0.25) is 0 Å². The third-order valence-electron chi connectivity index (χ3n) is 3.40. The summed E-state index contributed by atoms with van der Waals surface area (Å²) in [6.45, 7) is 8.94. The van der Waals surface area contributed by atoms with Crippen LogP contribution in [0.5, 0.6) is 0 Å². The van der Waals surface area contributed by atoms with E-state index in [9.17, 15) is 4.79 Å². The third-order valence-corrected chi connectivity index (χ3v) is 3.40. The number of halogens is 1. The predicted octanol–water partition coefficient (Wildman–Crippen LogP) is 3.66. The largest absolute Gasteiger partial charge is 0.444 e. The van der Waals surface area contributed by atoms with E-state index < -0.39 is 5.60 Å².